The van der Waals surface area contributed by atoms with Gasteiger partial charge in [0.05, 0.1) is 5.92 Å². The van der Waals surface area contributed by atoms with Crippen molar-refractivity contribution in [3.63, 3.8) is 0 Å². The number of rotatable bonds is 7. The Morgan fingerprint density at radius 2 is 1.66 bits per heavy atom. The number of fused-ring (bicyclic) bond motifs is 3. The van der Waals surface area contributed by atoms with Gasteiger partial charge in [-0.15, -0.1) is 0 Å². The number of carboxylic acid groups (broad SMARTS) is 1. The number of nitrogens with zero attached hydrogens (tertiary/aromatic N) is 1. The summed E-state index contributed by atoms with van der Waals surface area (Å²) in [5, 5.41) is 12.1. The lowest BCUT2D eigenvalue weighted by Crippen LogP contribution is -2.54. The molecular weight excluding hydrogens is 444 g/mol. The smallest absolute Gasteiger partial charge is 0.407 e. The van der Waals surface area contributed by atoms with Gasteiger partial charge in [-0.2, -0.15) is 0 Å². The number of nitrogens with one attached hydrogen (secondary N) is 1. The minimum Gasteiger partial charge on any atom is -0.481 e. The Morgan fingerprint density at radius 1 is 1.06 bits per heavy atom. The summed E-state index contributed by atoms with van der Waals surface area (Å²) in [5.41, 5.74) is 4.57. The van der Waals surface area contributed by atoms with E-state index >= 15 is 0 Å². The molecule has 1 heterocycles. The molecule has 4 rings (SSSR count). The fourth-order valence-corrected chi connectivity index (χ4v) is 5.40. The van der Waals surface area contributed by atoms with Crippen molar-refractivity contribution < 1.29 is 24.2 Å². The average Bonchev–Trinajstić information content (AvgIpc) is 3.15. The van der Waals surface area contributed by atoms with Gasteiger partial charge in [-0.1, -0.05) is 62.4 Å². The van der Waals surface area contributed by atoms with Crippen LogP contribution in [0, 0.1) is 11.8 Å². The van der Waals surface area contributed by atoms with Crippen molar-refractivity contribution in [1.82, 2.24) is 10.2 Å². The van der Waals surface area contributed by atoms with E-state index < -0.39 is 24.0 Å². The molecule has 0 unspecified atom stereocenters. The minimum atomic E-state index is -0.820. The number of carbonyl (C=O) groups excluding carboxylic acids is 2. The van der Waals surface area contributed by atoms with E-state index in [0.29, 0.717) is 25.8 Å². The summed E-state index contributed by atoms with van der Waals surface area (Å²) in [5.74, 6) is -1.30. The number of carbonyl (C=O) groups is 3. The first-order valence-electron chi connectivity index (χ1n) is 12.4. The van der Waals surface area contributed by atoms with Crippen molar-refractivity contribution in [3.05, 3.63) is 59.7 Å². The summed E-state index contributed by atoms with van der Waals surface area (Å²) in [4.78, 5) is 39.3. The molecule has 0 spiro atoms. The number of carboxylic acids is 1. The molecule has 2 N–H and O–H groups in total. The molecule has 186 valence electrons. The molecule has 0 aromatic heterocycles. The predicted octanol–water partition coefficient (Wildman–Crippen LogP) is 4.65. The molecule has 1 saturated heterocycles. The van der Waals surface area contributed by atoms with Gasteiger partial charge in [0.1, 0.15) is 12.6 Å². The second kappa shape index (κ2) is 10.5. The fourth-order valence-electron chi connectivity index (χ4n) is 5.40. The van der Waals surface area contributed by atoms with E-state index in [4.69, 9.17) is 4.74 Å². The van der Waals surface area contributed by atoms with Crippen molar-refractivity contribution >= 4 is 18.0 Å². The van der Waals surface area contributed by atoms with Crippen LogP contribution >= 0.6 is 0 Å². The van der Waals surface area contributed by atoms with E-state index in [1.807, 2.05) is 45.0 Å². The molecule has 7 nitrogen and oxygen atoms in total. The van der Waals surface area contributed by atoms with E-state index in [-0.39, 0.29) is 30.4 Å². The second-order valence-corrected chi connectivity index (χ2v) is 10.1. The van der Waals surface area contributed by atoms with E-state index in [0.717, 1.165) is 22.3 Å². The molecule has 0 radical (unpaired) electrons. The number of benzene rings is 2. The van der Waals surface area contributed by atoms with Crippen molar-refractivity contribution in [2.45, 2.75) is 58.0 Å². The molecule has 1 aliphatic carbocycles. The lowest BCUT2D eigenvalue weighted by Gasteiger charge is -2.38. The molecule has 1 aliphatic heterocycles. The summed E-state index contributed by atoms with van der Waals surface area (Å²) in [6.45, 7) is 6.42. The zero-order valence-corrected chi connectivity index (χ0v) is 20.6. The number of piperidine rings is 1. The highest BCUT2D eigenvalue weighted by Crippen LogP contribution is 2.44. The van der Waals surface area contributed by atoms with Gasteiger partial charge in [0.2, 0.25) is 5.91 Å². The molecular formula is C28H34N2O5. The highest BCUT2D eigenvalue weighted by molar-refractivity contribution is 5.86. The minimum absolute atomic E-state index is 0.0533. The monoisotopic (exact) mass is 478 g/mol. The number of hydrogen-bond acceptors (Lipinski definition) is 4. The molecule has 2 aromatic carbocycles. The number of amides is 2. The van der Waals surface area contributed by atoms with Crippen molar-refractivity contribution in [2.75, 3.05) is 13.2 Å². The maximum Gasteiger partial charge on any atom is 0.407 e. The Balaban J connectivity index is 1.42. The first-order valence-corrected chi connectivity index (χ1v) is 12.4. The average molecular weight is 479 g/mol. The van der Waals surface area contributed by atoms with Gasteiger partial charge in [-0.05, 0) is 54.4 Å². The SMILES string of the molecule is CC(C)C[C@@H](NC(=O)OCC1c2ccccc2-c2ccccc21)C(=O)N1CC[C@H](C(=O)O)C[C@@H]1C. The zero-order chi connectivity index (χ0) is 25.1. The number of hydrogen-bond donors (Lipinski definition) is 2. The molecule has 2 aliphatic rings. The van der Waals surface area contributed by atoms with E-state index in [2.05, 4.69) is 29.6 Å². The quantitative estimate of drug-likeness (QED) is 0.604. The predicted molar refractivity (Wildman–Crippen MR) is 133 cm³/mol. The molecule has 1 fully saturated rings. The molecule has 35 heavy (non-hydrogen) atoms. The Kier molecular flexibility index (Phi) is 7.43. The lowest BCUT2D eigenvalue weighted by molar-refractivity contribution is -0.148. The fraction of sp³-hybridized carbons (Fsp3) is 0.464. The molecule has 7 heteroatoms. The topological polar surface area (TPSA) is 95.9 Å². The Morgan fingerprint density at radius 3 is 2.20 bits per heavy atom. The van der Waals surface area contributed by atoms with Gasteiger partial charge in [0, 0.05) is 18.5 Å². The molecule has 3 atom stereocenters. The van der Waals surface area contributed by atoms with Gasteiger partial charge < -0.3 is 20.1 Å². The third kappa shape index (κ3) is 5.34. The number of aliphatic carboxylic acids is 1. The van der Waals surface area contributed by atoms with Crippen LogP contribution in [-0.4, -0.2) is 53.2 Å². The van der Waals surface area contributed by atoms with Crippen molar-refractivity contribution in [1.29, 1.82) is 0 Å². The third-order valence-corrected chi connectivity index (χ3v) is 7.15. The molecule has 2 aromatic rings. The van der Waals surface area contributed by atoms with Crippen LogP contribution in [0.25, 0.3) is 11.1 Å². The Hall–Kier alpha value is -3.35. The Labute approximate surface area is 206 Å². The van der Waals surface area contributed by atoms with Gasteiger partial charge in [-0.3, -0.25) is 9.59 Å². The van der Waals surface area contributed by atoms with Crippen molar-refractivity contribution in [3.8, 4) is 11.1 Å². The van der Waals surface area contributed by atoms with Crippen LogP contribution < -0.4 is 5.32 Å². The highest BCUT2D eigenvalue weighted by Gasteiger charge is 2.36. The summed E-state index contributed by atoms with van der Waals surface area (Å²) in [6, 6.07) is 15.4. The number of ether oxygens (including phenoxy) is 1. The highest BCUT2D eigenvalue weighted by atomic mass is 16.5. The van der Waals surface area contributed by atoms with Crippen LogP contribution in [0.15, 0.2) is 48.5 Å². The zero-order valence-electron chi connectivity index (χ0n) is 20.6. The van der Waals surface area contributed by atoms with Crippen LogP contribution in [0.1, 0.15) is 57.1 Å². The summed E-state index contributed by atoms with van der Waals surface area (Å²) >= 11 is 0. The van der Waals surface area contributed by atoms with Gasteiger partial charge in [0.25, 0.3) is 0 Å². The molecule has 2 amide bonds. The lowest BCUT2D eigenvalue weighted by atomic mass is 9.90. The van der Waals surface area contributed by atoms with Gasteiger partial charge >= 0.3 is 12.1 Å². The number of likely N-dealkylation sites (tertiary alicyclic amines) is 1. The first-order chi connectivity index (χ1) is 16.8. The summed E-state index contributed by atoms with van der Waals surface area (Å²) < 4.78 is 5.67. The number of alkyl carbamates (subject to hydrolysis) is 1. The van der Waals surface area contributed by atoms with Crippen LogP contribution in [0.5, 0.6) is 0 Å². The van der Waals surface area contributed by atoms with E-state index in [1.54, 1.807) is 4.90 Å². The standard InChI is InChI=1S/C28H34N2O5/c1-17(2)14-25(26(31)30-13-12-19(27(32)33)15-18(30)3)29-28(34)35-16-24-22-10-6-4-8-20(22)21-9-5-7-11-23(21)24/h4-11,17-19,24-25H,12-16H2,1-3H3,(H,29,34)(H,32,33)/t18-,19-,25+/m0/s1. The molecule has 0 saturated carbocycles. The maximum atomic E-state index is 13.4. The van der Waals surface area contributed by atoms with E-state index in [1.165, 1.54) is 0 Å². The van der Waals surface area contributed by atoms with Crippen LogP contribution in [0.2, 0.25) is 0 Å². The molecule has 0 bridgehead atoms. The normalized spacial score (nSPS) is 20.2. The van der Waals surface area contributed by atoms with Gasteiger partial charge in [0.15, 0.2) is 0 Å². The maximum absolute atomic E-state index is 13.4. The Bertz CT molecular complexity index is 1050. The van der Waals surface area contributed by atoms with Crippen molar-refractivity contribution in [2.24, 2.45) is 11.8 Å². The van der Waals surface area contributed by atoms with Crippen LogP contribution in [0.4, 0.5) is 4.79 Å². The first kappa shape index (κ1) is 24.8. The largest absolute Gasteiger partial charge is 0.481 e. The van der Waals surface area contributed by atoms with Crippen LogP contribution in [0.3, 0.4) is 0 Å². The summed E-state index contributed by atoms with van der Waals surface area (Å²) in [7, 11) is 0. The van der Waals surface area contributed by atoms with Gasteiger partial charge in [-0.25, -0.2) is 4.79 Å². The second-order valence-electron chi connectivity index (χ2n) is 10.1. The van der Waals surface area contributed by atoms with Crippen LogP contribution in [-0.2, 0) is 14.3 Å². The van der Waals surface area contributed by atoms with E-state index in [9.17, 15) is 19.5 Å². The summed E-state index contributed by atoms with van der Waals surface area (Å²) in [6.07, 6.45) is 0.707. The third-order valence-electron chi connectivity index (χ3n) is 7.15.